The van der Waals surface area contributed by atoms with Crippen LogP contribution in [0.5, 0.6) is 0 Å². The van der Waals surface area contributed by atoms with Gasteiger partial charge < -0.3 is 9.64 Å². The van der Waals surface area contributed by atoms with Gasteiger partial charge in [0.25, 0.3) is 0 Å². The largest absolute Gasteiger partial charge is 0.444 e. The number of rotatable bonds is 3. The predicted molar refractivity (Wildman–Crippen MR) is 73.2 cm³/mol. The Balaban J connectivity index is 2.64. The average Bonchev–Trinajstić information content (AvgIpc) is 2.23. The standard InChI is InChI=1S/C12H24N2O4S/c1-12(2,3)18-11(15)14-8-5-4-6-10(14)7-9-19(13,16)17/h10H,4-9H2,1-3H3,(H2,13,16,17). The van der Waals surface area contributed by atoms with Crippen LogP contribution in [0.15, 0.2) is 0 Å². The molecule has 0 aliphatic carbocycles. The number of carbonyl (C=O) groups is 1. The number of primary sulfonamides is 1. The maximum atomic E-state index is 12.1. The molecule has 112 valence electrons. The van der Waals surface area contributed by atoms with Crippen molar-refractivity contribution in [2.45, 2.75) is 58.1 Å². The number of carbonyl (C=O) groups excluding carboxylic acids is 1. The highest BCUT2D eigenvalue weighted by atomic mass is 32.2. The third-order valence-electron chi connectivity index (χ3n) is 2.99. The van der Waals surface area contributed by atoms with Crippen molar-refractivity contribution in [1.29, 1.82) is 0 Å². The fraction of sp³-hybridized carbons (Fsp3) is 0.917. The van der Waals surface area contributed by atoms with Gasteiger partial charge in [-0.05, 0) is 46.5 Å². The summed E-state index contributed by atoms with van der Waals surface area (Å²) in [7, 11) is -3.49. The summed E-state index contributed by atoms with van der Waals surface area (Å²) in [6.45, 7) is 6.06. The second kappa shape index (κ2) is 6.09. The van der Waals surface area contributed by atoms with E-state index < -0.39 is 15.6 Å². The van der Waals surface area contributed by atoms with E-state index in [2.05, 4.69) is 0 Å². The molecule has 1 unspecified atom stereocenters. The molecule has 7 heteroatoms. The quantitative estimate of drug-likeness (QED) is 0.852. The summed E-state index contributed by atoms with van der Waals surface area (Å²) in [5.74, 6) is -0.100. The van der Waals surface area contributed by atoms with Crippen molar-refractivity contribution in [2.75, 3.05) is 12.3 Å². The Morgan fingerprint density at radius 2 is 2.00 bits per heavy atom. The Bertz CT molecular complexity index is 414. The number of hydrogen-bond donors (Lipinski definition) is 1. The van der Waals surface area contributed by atoms with Gasteiger partial charge in [0.05, 0.1) is 5.75 Å². The van der Waals surface area contributed by atoms with Gasteiger partial charge in [-0.1, -0.05) is 0 Å². The molecule has 1 heterocycles. The minimum Gasteiger partial charge on any atom is -0.444 e. The average molecular weight is 292 g/mol. The molecular weight excluding hydrogens is 268 g/mol. The number of piperidine rings is 1. The normalized spacial score (nSPS) is 21.3. The Kier molecular flexibility index (Phi) is 5.20. The van der Waals surface area contributed by atoms with Gasteiger partial charge in [0, 0.05) is 12.6 Å². The van der Waals surface area contributed by atoms with Gasteiger partial charge in [0.1, 0.15) is 5.60 Å². The lowest BCUT2D eigenvalue weighted by molar-refractivity contribution is 0.00951. The van der Waals surface area contributed by atoms with E-state index in [0.29, 0.717) is 13.0 Å². The van der Waals surface area contributed by atoms with E-state index in [1.807, 2.05) is 20.8 Å². The third kappa shape index (κ3) is 6.24. The highest BCUT2D eigenvalue weighted by Gasteiger charge is 2.30. The lowest BCUT2D eigenvalue weighted by Gasteiger charge is -2.36. The van der Waals surface area contributed by atoms with Gasteiger partial charge in [0.15, 0.2) is 0 Å². The Morgan fingerprint density at radius 1 is 1.37 bits per heavy atom. The van der Waals surface area contributed by atoms with Crippen molar-refractivity contribution in [2.24, 2.45) is 5.14 Å². The topological polar surface area (TPSA) is 89.7 Å². The van der Waals surface area contributed by atoms with E-state index in [-0.39, 0.29) is 17.9 Å². The molecule has 0 saturated carbocycles. The summed E-state index contributed by atoms with van der Waals surface area (Å²) in [5.41, 5.74) is -0.543. The molecule has 2 N–H and O–H groups in total. The van der Waals surface area contributed by atoms with E-state index in [1.54, 1.807) is 4.90 Å². The number of ether oxygens (including phenoxy) is 1. The molecule has 1 atom stereocenters. The zero-order valence-corrected chi connectivity index (χ0v) is 12.7. The maximum absolute atomic E-state index is 12.1. The Hall–Kier alpha value is -0.820. The Morgan fingerprint density at radius 3 is 2.53 bits per heavy atom. The van der Waals surface area contributed by atoms with Crippen LogP contribution in [0.2, 0.25) is 0 Å². The molecule has 1 amide bonds. The van der Waals surface area contributed by atoms with Crippen molar-refractivity contribution in [3.05, 3.63) is 0 Å². The molecular formula is C12H24N2O4S. The number of sulfonamides is 1. The van der Waals surface area contributed by atoms with Gasteiger partial charge >= 0.3 is 6.09 Å². The first kappa shape index (κ1) is 16.2. The minimum atomic E-state index is -3.49. The number of amides is 1. The molecule has 0 spiro atoms. The van der Waals surface area contributed by atoms with E-state index in [0.717, 1.165) is 19.3 Å². The fourth-order valence-electron chi connectivity index (χ4n) is 2.16. The van der Waals surface area contributed by atoms with Crippen molar-refractivity contribution in [3.63, 3.8) is 0 Å². The van der Waals surface area contributed by atoms with Crippen molar-refractivity contribution in [1.82, 2.24) is 4.90 Å². The molecule has 1 rings (SSSR count). The van der Waals surface area contributed by atoms with Crippen LogP contribution in [0.1, 0.15) is 46.5 Å². The summed E-state index contributed by atoms with van der Waals surface area (Å²) in [4.78, 5) is 13.7. The van der Waals surface area contributed by atoms with E-state index in [4.69, 9.17) is 9.88 Å². The van der Waals surface area contributed by atoms with Crippen LogP contribution in [0, 0.1) is 0 Å². The lowest BCUT2D eigenvalue weighted by atomic mass is 10.0. The summed E-state index contributed by atoms with van der Waals surface area (Å²) in [6.07, 6.45) is 2.72. The van der Waals surface area contributed by atoms with Crippen LogP contribution >= 0.6 is 0 Å². The second-order valence-corrected chi connectivity index (χ2v) is 7.71. The molecule has 1 fully saturated rings. The highest BCUT2D eigenvalue weighted by molar-refractivity contribution is 7.89. The minimum absolute atomic E-state index is 0.0954. The number of nitrogens with zero attached hydrogens (tertiary/aromatic N) is 1. The lowest BCUT2D eigenvalue weighted by Crippen LogP contribution is -2.46. The van der Waals surface area contributed by atoms with Gasteiger partial charge in [-0.2, -0.15) is 0 Å². The molecule has 1 aliphatic heterocycles. The molecule has 0 aromatic heterocycles. The van der Waals surface area contributed by atoms with Crippen LogP contribution in [0.4, 0.5) is 4.79 Å². The van der Waals surface area contributed by atoms with Crippen LogP contribution in [0.3, 0.4) is 0 Å². The molecule has 6 nitrogen and oxygen atoms in total. The smallest absolute Gasteiger partial charge is 0.410 e. The summed E-state index contributed by atoms with van der Waals surface area (Å²) < 4.78 is 27.4. The molecule has 19 heavy (non-hydrogen) atoms. The van der Waals surface area contributed by atoms with Crippen LogP contribution < -0.4 is 5.14 Å². The molecule has 0 aromatic rings. The first-order valence-electron chi connectivity index (χ1n) is 6.58. The molecule has 1 saturated heterocycles. The van der Waals surface area contributed by atoms with Crippen LogP contribution in [-0.2, 0) is 14.8 Å². The SMILES string of the molecule is CC(C)(C)OC(=O)N1CCCCC1CCS(N)(=O)=O. The molecule has 0 radical (unpaired) electrons. The Labute approximate surface area is 115 Å². The fourth-order valence-corrected chi connectivity index (χ4v) is 2.76. The number of hydrogen-bond acceptors (Lipinski definition) is 4. The third-order valence-corrected chi connectivity index (χ3v) is 3.80. The van der Waals surface area contributed by atoms with Crippen molar-refractivity contribution in [3.8, 4) is 0 Å². The maximum Gasteiger partial charge on any atom is 0.410 e. The highest BCUT2D eigenvalue weighted by Crippen LogP contribution is 2.22. The van der Waals surface area contributed by atoms with Crippen molar-refractivity contribution >= 4 is 16.1 Å². The summed E-state index contributed by atoms with van der Waals surface area (Å²) in [6, 6.07) is -0.0954. The molecule has 1 aliphatic rings. The monoisotopic (exact) mass is 292 g/mol. The number of likely N-dealkylation sites (tertiary alicyclic amines) is 1. The van der Waals surface area contributed by atoms with E-state index in [1.165, 1.54) is 0 Å². The van der Waals surface area contributed by atoms with E-state index in [9.17, 15) is 13.2 Å². The zero-order chi connectivity index (χ0) is 14.7. The van der Waals surface area contributed by atoms with Gasteiger partial charge in [-0.3, -0.25) is 0 Å². The van der Waals surface area contributed by atoms with Gasteiger partial charge in [-0.15, -0.1) is 0 Å². The van der Waals surface area contributed by atoms with E-state index >= 15 is 0 Å². The summed E-state index contributed by atoms with van der Waals surface area (Å²) >= 11 is 0. The van der Waals surface area contributed by atoms with Crippen LogP contribution in [0.25, 0.3) is 0 Å². The van der Waals surface area contributed by atoms with Crippen molar-refractivity contribution < 1.29 is 17.9 Å². The molecule has 0 bridgehead atoms. The zero-order valence-electron chi connectivity index (χ0n) is 11.9. The van der Waals surface area contributed by atoms with Gasteiger partial charge in [-0.25, -0.2) is 18.4 Å². The molecule has 0 aromatic carbocycles. The first-order valence-corrected chi connectivity index (χ1v) is 8.30. The van der Waals surface area contributed by atoms with Crippen LogP contribution in [-0.4, -0.2) is 43.4 Å². The predicted octanol–water partition coefficient (Wildman–Crippen LogP) is 1.45. The number of nitrogens with two attached hydrogens (primary N) is 1. The second-order valence-electron chi connectivity index (χ2n) is 5.98. The van der Waals surface area contributed by atoms with Gasteiger partial charge in [0.2, 0.25) is 10.0 Å². The summed E-state index contributed by atoms with van der Waals surface area (Å²) in [5, 5.41) is 5.01. The first-order chi connectivity index (χ1) is 8.58.